The predicted molar refractivity (Wildman–Crippen MR) is 81.9 cm³/mol. The highest BCUT2D eigenvalue weighted by Crippen LogP contribution is 2.21. The number of hydrogen-bond donors (Lipinski definition) is 1. The van der Waals surface area contributed by atoms with E-state index in [1.807, 2.05) is 31.2 Å². The van der Waals surface area contributed by atoms with Gasteiger partial charge in [0.15, 0.2) is 0 Å². The van der Waals surface area contributed by atoms with Crippen LogP contribution in [0.15, 0.2) is 42.5 Å². The van der Waals surface area contributed by atoms with Crippen LogP contribution in [0.5, 0.6) is 5.75 Å². The monoisotopic (exact) mass is 270 g/mol. The molecule has 0 aliphatic carbocycles. The van der Waals surface area contributed by atoms with Crippen molar-refractivity contribution in [3.63, 3.8) is 0 Å². The van der Waals surface area contributed by atoms with Gasteiger partial charge in [-0.25, -0.2) is 0 Å². The maximum absolute atomic E-state index is 9.75. The molecule has 0 aliphatic heterocycles. The summed E-state index contributed by atoms with van der Waals surface area (Å²) in [5.74, 6) is 0.831. The first-order chi connectivity index (χ1) is 9.60. The Labute approximate surface area is 121 Å². The lowest BCUT2D eigenvalue weighted by molar-refractivity contribution is 0.173. The van der Waals surface area contributed by atoms with Gasteiger partial charge in [-0.3, -0.25) is 0 Å². The highest BCUT2D eigenvalue weighted by molar-refractivity contribution is 5.32. The minimum absolute atomic E-state index is 0.386. The molecule has 0 fully saturated rings. The maximum atomic E-state index is 9.75. The van der Waals surface area contributed by atoms with Crippen LogP contribution in [0.1, 0.15) is 41.7 Å². The highest BCUT2D eigenvalue weighted by Gasteiger charge is 2.05. The normalized spacial score (nSPS) is 12.2. The van der Waals surface area contributed by atoms with Crippen molar-refractivity contribution in [1.82, 2.24) is 0 Å². The molecule has 2 aromatic rings. The minimum Gasteiger partial charge on any atom is -0.489 e. The van der Waals surface area contributed by atoms with Crippen molar-refractivity contribution in [2.75, 3.05) is 0 Å². The second-order valence-corrected chi connectivity index (χ2v) is 5.21. The van der Waals surface area contributed by atoms with Crippen molar-refractivity contribution in [1.29, 1.82) is 0 Å². The fourth-order valence-electron chi connectivity index (χ4n) is 2.14. The quantitative estimate of drug-likeness (QED) is 0.876. The molecule has 0 saturated carbocycles. The van der Waals surface area contributed by atoms with E-state index in [0.29, 0.717) is 6.61 Å². The summed E-state index contributed by atoms with van der Waals surface area (Å²) >= 11 is 0. The Bertz CT molecular complexity index is 558. The van der Waals surface area contributed by atoms with E-state index in [0.717, 1.165) is 17.7 Å². The third-order valence-corrected chi connectivity index (χ3v) is 3.55. The van der Waals surface area contributed by atoms with Crippen LogP contribution < -0.4 is 4.74 Å². The number of hydrogen-bond acceptors (Lipinski definition) is 2. The van der Waals surface area contributed by atoms with Gasteiger partial charge in [0.05, 0.1) is 6.10 Å². The Balaban J connectivity index is 2.02. The Hall–Kier alpha value is -1.80. The van der Waals surface area contributed by atoms with Gasteiger partial charge < -0.3 is 9.84 Å². The average Bonchev–Trinajstić information content (AvgIpc) is 2.48. The van der Waals surface area contributed by atoms with E-state index >= 15 is 0 Å². The standard InChI is InChI=1S/C18H22O2/c1-4-18(19)15-7-9-17(10-8-15)20-12-16-11-13(2)5-6-14(16)3/h5-11,18-19H,4,12H2,1-3H3/t18-/m1/s1. The second kappa shape index (κ2) is 6.58. The van der Waals surface area contributed by atoms with Crippen LogP contribution in [0.3, 0.4) is 0 Å². The highest BCUT2D eigenvalue weighted by atomic mass is 16.5. The first-order valence-electron chi connectivity index (χ1n) is 7.07. The Morgan fingerprint density at radius 3 is 2.40 bits per heavy atom. The molecule has 1 N–H and O–H groups in total. The van der Waals surface area contributed by atoms with E-state index in [2.05, 4.69) is 32.0 Å². The van der Waals surface area contributed by atoms with Crippen LogP contribution in [0.4, 0.5) is 0 Å². The molecule has 0 aliphatic rings. The molecule has 106 valence electrons. The van der Waals surface area contributed by atoms with Crippen molar-refractivity contribution in [3.05, 3.63) is 64.7 Å². The van der Waals surface area contributed by atoms with Crippen LogP contribution in [0.25, 0.3) is 0 Å². The molecule has 2 aromatic carbocycles. The van der Waals surface area contributed by atoms with Crippen LogP contribution in [-0.4, -0.2) is 5.11 Å². The largest absolute Gasteiger partial charge is 0.489 e. The summed E-state index contributed by atoms with van der Waals surface area (Å²) < 4.78 is 5.81. The molecule has 2 nitrogen and oxygen atoms in total. The van der Waals surface area contributed by atoms with Gasteiger partial charge in [0.2, 0.25) is 0 Å². The Morgan fingerprint density at radius 1 is 1.05 bits per heavy atom. The lowest BCUT2D eigenvalue weighted by Gasteiger charge is -2.11. The van der Waals surface area contributed by atoms with Gasteiger partial charge in [-0.15, -0.1) is 0 Å². The first kappa shape index (κ1) is 14.6. The summed E-state index contributed by atoms with van der Waals surface area (Å²) in [5, 5.41) is 9.75. The second-order valence-electron chi connectivity index (χ2n) is 5.21. The molecule has 20 heavy (non-hydrogen) atoms. The van der Waals surface area contributed by atoms with Crippen molar-refractivity contribution >= 4 is 0 Å². The number of rotatable bonds is 5. The molecule has 0 spiro atoms. The molecule has 0 bridgehead atoms. The SMILES string of the molecule is CC[C@@H](O)c1ccc(OCc2cc(C)ccc2C)cc1. The zero-order valence-corrected chi connectivity index (χ0v) is 12.4. The van der Waals surface area contributed by atoms with Crippen LogP contribution in [0.2, 0.25) is 0 Å². The van der Waals surface area contributed by atoms with E-state index in [1.165, 1.54) is 16.7 Å². The van der Waals surface area contributed by atoms with E-state index in [1.54, 1.807) is 0 Å². The van der Waals surface area contributed by atoms with Gasteiger partial charge in [-0.2, -0.15) is 0 Å². The summed E-state index contributed by atoms with van der Waals surface area (Å²) in [6, 6.07) is 14.1. The molecule has 2 heteroatoms. The number of ether oxygens (including phenoxy) is 1. The molecule has 0 aromatic heterocycles. The third-order valence-electron chi connectivity index (χ3n) is 3.55. The summed E-state index contributed by atoms with van der Waals surface area (Å²) in [6.45, 7) is 6.72. The molecular weight excluding hydrogens is 248 g/mol. The third kappa shape index (κ3) is 3.61. The average molecular weight is 270 g/mol. The minimum atomic E-state index is -0.386. The van der Waals surface area contributed by atoms with E-state index in [4.69, 9.17) is 4.74 Å². The van der Waals surface area contributed by atoms with Gasteiger partial charge in [-0.1, -0.05) is 42.8 Å². The van der Waals surface area contributed by atoms with Crippen molar-refractivity contribution < 1.29 is 9.84 Å². The number of aliphatic hydroxyl groups excluding tert-OH is 1. The fourth-order valence-corrected chi connectivity index (χ4v) is 2.14. The Kier molecular flexibility index (Phi) is 4.80. The summed E-state index contributed by atoms with van der Waals surface area (Å²) in [4.78, 5) is 0. The van der Waals surface area contributed by atoms with Crippen LogP contribution >= 0.6 is 0 Å². The van der Waals surface area contributed by atoms with Gasteiger partial charge >= 0.3 is 0 Å². The summed E-state index contributed by atoms with van der Waals surface area (Å²) in [7, 11) is 0. The molecular formula is C18H22O2. The van der Waals surface area contributed by atoms with Crippen molar-refractivity contribution in [2.45, 2.75) is 39.9 Å². The van der Waals surface area contributed by atoms with Gasteiger partial charge in [0.1, 0.15) is 12.4 Å². The molecule has 0 amide bonds. The van der Waals surface area contributed by atoms with Gasteiger partial charge in [0.25, 0.3) is 0 Å². The smallest absolute Gasteiger partial charge is 0.119 e. The topological polar surface area (TPSA) is 29.5 Å². The van der Waals surface area contributed by atoms with Gasteiger partial charge in [0, 0.05) is 0 Å². The molecule has 2 rings (SSSR count). The predicted octanol–water partition coefficient (Wildman–Crippen LogP) is 4.33. The zero-order chi connectivity index (χ0) is 14.5. The maximum Gasteiger partial charge on any atom is 0.119 e. The van der Waals surface area contributed by atoms with Crippen molar-refractivity contribution in [2.24, 2.45) is 0 Å². The van der Waals surface area contributed by atoms with E-state index in [9.17, 15) is 5.11 Å². The van der Waals surface area contributed by atoms with Crippen LogP contribution in [0, 0.1) is 13.8 Å². The molecule has 0 unspecified atom stereocenters. The molecule has 0 heterocycles. The molecule has 0 radical (unpaired) electrons. The van der Waals surface area contributed by atoms with Crippen molar-refractivity contribution in [3.8, 4) is 5.75 Å². The lowest BCUT2D eigenvalue weighted by Crippen LogP contribution is -1.99. The number of aryl methyl sites for hydroxylation is 2. The Morgan fingerprint density at radius 2 is 1.75 bits per heavy atom. The fraction of sp³-hybridized carbons (Fsp3) is 0.333. The van der Waals surface area contributed by atoms with E-state index < -0.39 is 0 Å². The summed E-state index contributed by atoms with van der Waals surface area (Å²) in [5.41, 5.74) is 4.64. The van der Waals surface area contributed by atoms with E-state index in [-0.39, 0.29) is 6.10 Å². The first-order valence-corrected chi connectivity index (χ1v) is 7.07. The number of benzene rings is 2. The van der Waals surface area contributed by atoms with Crippen LogP contribution in [-0.2, 0) is 6.61 Å². The molecule has 0 saturated heterocycles. The number of aliphatic hydroxyl groups is 1. The van der Waals surface area contributed by atoms with Gasteiger partial charge in [-0.05, 0) is 49.1 Å². The summed E-state index contributed by atoms with van der Waals surface area (Å²) in [6.07, 6.45) is 0.339. The molecule has 1 atom stereocenters. The zero-order valence-electron chi connectivity index (χ0n) is 12.4. The lowest BCUT2D eigenvalue weighted by atomic mass is 10.1.